The molecule has 0 N–H and O–H groups in total. The molecule has 1 rings (SSSR count). The van der Waals surface area contributed by atoms with Gasteiger partial charge in [-0.2, -0.15) is 0 Å². The van der Waals surface area contributed by atoms with Gasteiger partial charge >= 0.3 is 5.97 Å². The fraction of sp³-hybridized carbons (Fsp3) is 0.462. The monoisotopic (exact) mass is 222 g/mol. The van der Waals surface area contributed by atoms with E-state index in [4.69, 9.17) is 4.74 Å². The molecule has 0 saturated heterocycles. The number of carbonyl (C=O) groups is 1. The lowest BCUT2D eigenvalue weighted by molar-refractivity contribution is -0.142. The third kappa shape index (κ3) is 3.26. The average Bonchev–Trinajstić information content (AvgIpc) is 2.35. The molecule has 0 fully saturated rings. The van der Waals surface area contributed by atoms with E-state index in [1.54, 1.807) is 0 Å². The van der Waals surface area contributed by atoms with Crippen molar-refractivity contribution in [1.29, 1.82) is 0 Å². The van der Waals surface area contributed by atoms with Crippen molar-refractivity contribution in [2.24, 2.45) is 0 Å². The maximum absolute atomic E-state index is 11.0. The minimum Gasteiger partial charge on any atom is -0.482 e. The minimum atomic E-state index is -0.362. The number of methoxy groups -OCH3 is 1. The summed E-state index contributed by atoms with van der Waals surface area (Å²) in [5.41, 5.74) is 1.13. The first-order valence-corrected chi connectivity index (χ1v) is 5.47. The maximum atomic E-state index is 11.0. The van der Waals surface area contributed by atoms with Crippen LogP contribution in [-0.2, 0) is 9.53 Å². The van der Waals surface area contributed by atoms with Crippen LogP contribution in [0.15, 0.2) is 24.3 Å². The summed E-state index contributed by atoms with van der Waals surface area (Å²) in [6.45, 7) is 4.23. The molecule has 0 aliphatic heterocycles. The Balaban J connectivity index is 2.75. The van der Waals surface area contributed by atoms with Crippen LogP contribution in [0.25, 0.3) is 0 Å². The highest BCUT2D eigenvalue weighted by molar-refractivity contribution is 5.70. The third-order valence-electron chi connectivity index (χ3n) is 2.64. The topological polar surface area (TPSA) is 35.5 Å². The van der Waals surface area contributed by atoms with E-state index in [2.05, 4.69) is 18.6 Å². The Morgan fingerprint density at radius 1 is 1.38 bits per heavy atom. The van der Waals surface area contributed by atoms with Crippen molar-refractivity contribution in [1.82, 2.24) is 0 Å². The lowest BCUT2D eigenvalue weighted by Crippen LogP contribution is -2.13. The van der Waals surface area contributed by atoms with Gasteiger partial charge in [0.15, 0.2) is 6.61 Å². The van der Waals surface area contributed by atoms with Gasteiger partial charge in [0, 0.05) is 0 Å². The number of esters is 1. The van der Waals surface area contributed by atoms with Gasteiger partial charge in [0.05, 0.1) is 7.11 Å². The van der Waals surface area contributed by atoms with Gasteiger partial charge in [-0.25, -0.2) is 4.79 Å². The Bertz CT molecular complexity index is 347. The lowest BCUT2D eigenvalue weighted by atomic mass is 9.98. The minimum absolute atomic E-state index is 0.0378. The molecular weight excluding hydrogens is 204 g/mol. The highest BCUT2D eigenvalue weighted by Crippen LogP contribution is 2.28. The predicted octanol–water partition coefficient (Wildman–Crippen LogP) is 2.75. The van der Waals surface area contributed by atoms with E-state index < -0.39 is 0 Å². The van der Waals surface area contributed by atoms with Crippen molar-refractivity contribution in [2.75, 3.05) is 13.7 Å². The number of para-hydroxylation sites is 1. The Kier molecular flexibility index (Phi) is 4.83. The van der Waals surface area contributed by atoms with E-state index in [1.165, 1.54) is 7.11 Å². The summed E-state index contributed by atoms with van der Waals surface area (Å²) in [5, 5.41) is 0. The molecule has 0 spiro atoms. The summed E-state index contributed by atoms with van der Waals surface area (Å²) >= 11 is 0. The van der Waals surface area contributed by atoms with Crippen LogP contribution in [0.1, 0.15) is 31.7 Å². The Morgan fingerprint density at radius 2 is 2.06 bits per heavy atom. The second kappa shape index (κ2) is 6.16. The number of rotatable bonds is 5. The Hall–Kier alpha value is -1.51. The molecule has 1 aromatic carbocycles. The molecule has 0 radical (unpaired) electrons. The molecule has 0 amide bonds. The van der Waals surface area contributed by atoms with E-state index in [1.807, 2.05) is 24.3 Å². The number of hydrogen-bond donors (Lipinski definition) is 0. The zero-order valence-corrected chi connectivity index (χ0v) is 10.0. The first kappa shape index (κ1) is 12.6. The molecule has 88 valence electrons. The quantitative estimate of drug-likeness (QED) is 0.719. The molecule has 0 aromatic heterocycles. The standard InChI is InChI=1S/C13H18O3/c1-4-10(2)11-7-5-6-8-12(11)16-9-13(14)15-3/h5-8,10H,4,9H2,1-3H3. The zero-order chi connectivity index (χ0) is 12.0. The highest BCUT2D eigenvalue weighted by atomic mass is 16.6. The first-order chi connectivity index (χ1) is 7.69. The van der Waals surface area contributed by atoms with E-state index in [-0.39, 0.29) is 12.6 Å². The van der Waals surface area contributed by atoms with Crippen LogP contribution in [0.4, 0.5) is 0 Å². The van der Waals surface area contributed by atoms with Crippen molar-refractivity contribution in [3.63, 3.8) is 0 Å². The fourth-order valence-electron chi connectivity index (χ4n) is 1.43. The van der Waals surface area contributed by atoms with Gasteiger partial charge < -0.3 is 9.47 Å². The summed E-state index contributed by atoms with van der Waals surface area (Å²) in [5.74, 6) is 0.829. The summed E-state index contributed by atoms with van der Waals surface area (Å²) in [6, 6.07) is 7.79. The van der Waals surface area contributed by atoms with Crippen LogP contribution in [0.2, 0.25) is 0 Å². The maximum Gasteiger partial charge on any atom is 0.343 e. The highest BCUT2D eigenvalue weighted by Gasteiger charge is 2.10. The van der Waals surface area contributed by atoms with Gasteiger partial charge in [0.1, 0.15) is 5.75 Å². The number of benzene rings is 1. The van der Waals surface area contributed by atoms with Crippen molar-refractivity contribution >= 4 is 5.97 Å². The summed E-state index contributed by atoms with van der Waals surface area (Å²) in [7, 11) is 1.35. The van der Waals surface area contributed by atoms with E-state index in [9.17, 15) is 4.79 Å². The van der Waals surface area contributed by atoms with E-state index in [0.29, 0.717) is 5.92 Å². The summed E-state index contributed by atoms with van der Waals surface area (Å²) in [4.78, 5) is 11.0. The zero-order valence-electron chi connectivity index (χ0n) is 10.0. The molecule has 0 aliphatic rings. The van der Waals surface area contributed by atoms with Gasteiger partial charge in [-0.3, -0.25) is 0 Å². The molecule has 3 nitrogen and oxygen atoms in total. The van der Waals surface area contributed by atoms with E-state index >= 15 is 0 Å². The predicted molar refractivity (Wildman–Crippen MR) is 62.7 cm³/mol. The first-order valence-electron chi connectivity index (χ1n) is 5.47. The van der Waals surface area contributed by atoms with Crippen LogP contribution >= 0.6 is 0 Å². The third-order valence-corrected chi connectivity index (χ3v) is 2.64. The second-order valence-electron chi connectivity index (χ2n) is 3.71. The smallest absolute Gasteiger partial charge is 0.343 e. The molecule has 0 aliphatic carbocycles. The molecule has 0 bridgehead atoms. The van der Waals surface area contributed by atoms with Crippen LogP contribution in [-0.4, -0.2) is 19.7 Å². The number of carbonyl (C=O) groups excluding carboxylic acids is 1. The van der Waals surface area contributed by atoms with Crippen LogP contribution in [0, 0.1) is 0 Å². The summed E-state index contributed by atoms with van der Waals surface area (Å²) < 4.78 is 9.97. The fourth-order valence-corrected chi connectivity index (χ4v) is 1.43. The molecule has 16 heavy (non-hydrogen) atoms. The van der Waals surface area contributed by atoms with Crippen molar-refractivity contribution in [3.8, 4) is 5.75 Å². The average molecular weight is 222 g/mol. The van der Waals surface area contributed by atoms with Crippen molar-refractivity contribution in [2.45, 2.75) is 26.2 Å². The van der Waals surface area contributed by atoms with Gasteiger partial charge in [-0.1, -0.05) is 32.0 Å². The van der Waals surface area contributed by atoms with E-state index in [0.717, 1.165) is 17.7 Å². The lowest BCUT2D eigenvalue weighted by Gasteiger charge is -2.14. The molecule has 1 atom stereocenters. The van der Waals surface area contributed by atoms with Gasteiger partial charge in [-0.05, 0) is 24.0 Å². The number of ether oxygens (including phenoxy) is 2. The Morgan fingerprint density at radius 3 is 2.69 bits per heavy atom. The van der Waals surface area contributed by atoms with Gasteiger partial charge in [0.25, 0.3) is 0 Å². The van der Waals surface area contributed by atoms with Crippen LogP contribution < -0.4 is 4.74 Å². The molecule has 1 aromatic rings. The molecule has 0 heterocycles. The second-order valence-corrected chi connectivity index (χ2v) is 3.71. The van der Waals surface area contributed by atoms with Crippen LogP contribution in [0.3, 0.4) is 0 Å². The molecular formula is C13H18O3. The SMILES string of the molecule is CCC(C)c1ccccc1OCC(=O)OC. The van der Waals surface area contributed by atoms with Gasteiger partial charge in [-0.15, -0.1) is 0 Å². The molecule has 0 saturated carbocycles. The van der Waals surface area contributed by atoms with Crippen molar-refractivity contribution in [3.05, 3.63) is 29.8 Å². The normalized spacial score (nSPS) is 11.9. The molecule has 3 heteroatoms. The number of hydrogen-bond acceptors (Lipinski definition) is 3. The largest absolute Gasteiger partial charge is 0.482 e. The van der Waals surface area contributed by atoms with Gasteiger partial charge in [0.2, 0.25) is 0 Å². The Labute approximate surface area is 96.4 Å². The summed E-state index contributed by atoms with van der Waals surface area (Å²) in [6.07, 6.45) is 1.04. The van der Waals surface area contributed by atoms with Crippen molar-refractivity contribution < 1.29 is 14.3 Å². The molecule has 1 unspecified atom stereocenters. The van der Waals surface area contributed by atoms with Crippen LogP contribution in [0.5, 0.6) is 5.75 Å².